The van der Waals surface area contributed by atoms with Gasteiger partial charge in [-0.25, -0.2) is 4.79 Å². The van der Waals surface area contributed by atoms with Gasteiger partial charge in [-0.05, 0) is 48.1 Å². The van der Waals surface area contributed by atoms with Gasteiger partial charge in [0.05, 0.1) is 26.4 Å². The number of allylic oxidation sites excluding steroid dienone is 2. The Kier molecular flexibility index (Phi) is 10.6. The van der Waals surface area contributed by atoms with E-state index in [1.807, 2.05) is 36.4 Å². The number of benzene rings is 2. The lowest BCUT2D eigenvalue weighted by atomic mass is 9.93. The Hall–Kier alpha value is -2.87. The Morgan fingerprint density at radius 1 is 1.09 bits per heavy atom. The molecule has 1 heterocycles. The van der Waals surface area contributed by atoms with Crippen LogP contribution in [0.5, 0.6) is 11.5 Å². The molecule has 3 atom stereocenters. The monoisotopic (exact) mass is 484 g/mol. The Morgan fingerprint density at radius 2 is 1.89 bits per heavy atom. The molecule has 0 amide bonds. The van der Waals surface area contributed by atoms with Crippen LogP contribution < -0.4 is 4.74 Å². The highest BCUT2D eigenvalue weighted by Gasteiger charge is 2.27. The van der Waals surface area contributed by atoms with E-state index in [1.54, 1.807) is 20.3 Å². The number of hydrogen-bond donors (Lipinski definition) is 1. The summed E-state index contributed by atoms with van der Waals surface area (Å²) in [6.07, 6.45) is 5.85. The average Bonchev–Trinajstić information content (AvgIpc) is 2.86. The van der Waals surface area contributed by atoms with Gasteiger partial charge < -0.3 is 28.8 Å². The summed E-state index contributed by atoms with van der Waals surface area (Å²) >= 11 is 0. The quantitative estimate of drug-likeness (QED) is 0.231. The molecule has 2 aromatic carbocycles. The standard InChI is InChI=1S/C28H36O7/c1-20-7-4-5-8-22-9-6-10-25(29)27(22)28(30)35-24(17-26(20)34-19-31-2)15-16-33-18-21-11-13-23(32-3)14-12-21/h4-6,9-14,20,24,26,29H,7-8,15-19H2,1-3H3/b5-4-/t20-,24-,26+/m1/s1. The minimum Gasteiger partial charge on any atom is -0.507 e. The Morgan fingerprint density at radius 3 is 2.63 bits per heavy atom. The van der Waals surface area contributed by atoms with Crippen LogP contribution in [-0.2, 0) is 32.0 Å². The van der Waals surface area contributed by atoms with E-state index in [2.05, 4.69) is 13.0 Å². The maximum atomic E-state index is 13.1. The topological polar surface area (TPSA) is 83.5 Å². The lowest BCUT2D eigenvalue weighted by molar-refractivity contribution is -0.104. The zero-order valence-corrected chi connectivity index (χ0v) is 20.8. The predicted octanol–water partition coefficient (Wildman–Crippen LogP) is 5.05. The van der Waals surface area contributed by atoms with Crippen molar-refractivity contribution in [3.63, 3.8) is 0 Å². The van der Waals surface area contributed by atoms with Crippen molar-refractivity contribution in [2.24, 2.45) is 5.92 Å². The van der Waals surface area contributed by atoms with Gasteiger partial charge in [0.15, 0.2) is 0 Å². The summed E-state index contributed by atoms with van der Waals surface area (Å²) in [5.41, 5.74) is 1.98. The van der Waals surface area contributed by atoms with E-state index < -0.39 is 12.1 Å². The number of phenolic OH excluding ortho intramolecular Hbond substituents is 1. The second-order valence-electron chi connectivity index (χ2n) is 8.76. The van der Waals surface area contributed by atoms with E-state index in [1.165, 1.54) is 6.07 Å². The van der Waals surface area contributed by atoms with Crippen molar-refractivity contribution in [1.82, 2.24) is 0 Å². The van der Waals surface area contributed by atoms with E-state index in [9.17, 15) is 9.90 Å². The lowest BCUT2D eigenvalue weighted by Crippen LogP contribution is -2.31. The molecule has 7 nitrogen and oxygen atoms in total. The first-order chi connectivity index (χ1) is 17.0. The van der Waals surface area contributed by atoms with Crippen molar-refractivity contribution in [3.8, 4) is 11.5 Å². The number of cyclic esters (lactones) is 1. The largest absolute Gasteiger partial charge is 0.507 e. The number of fused-ring (bicyclic) bond motifs is 1. The van der Waals surface area contributed by atoms with Gasteiger partial charge in [0.2, 0.25) is 0 Å². The minimum absolute atomic E-state index is 0.0759. The summed E-state index contributed by atoms with van der Waals surface area (Å²) in [5.74, 6) is 0.382. The molecule has 0 saturated heterocycles. The van der Waals surface area contributed by atoms with Gasteiger partial charge in [-0.1, -0.05) is 43.3 Å². The van der Waals surface area contributed by atoms with Crippen LogP contribution in [0.1, 0.15) is 47.7 Å². The van der Waals surface area contributed by atoms with Crippen LogP contribution >= 0.6 is 0 Å². The number of methoxy groups -OCH3 is 2. The summed E-state index contributed by atoms with van der Waals surface area (Å²) in [6, 6.07) is 12.8. The molecule has 1 aliphatic rings. The van der Waals surface area contributed by atoms with Crippen LogP contribution in [0.2, 0.25) is 0 Å². The molecule has 1 N–H and O–H groups in total. The zero-order valence-electron chi connectivity index (χ0n) is 20.8. The molecule has 0 aliphatic carbocycles. The van der Waals surface area contributed by atoms with Gasteiger partial charge in [-0.2, -0.15) is 0 Å². The molecule has 2 aromatic rings. The highest BCUT2D eigenvalue weighted by molar-refractivity contribution is 5.94. The van der Waals surface area contributed by atoms with Gasteiger partial charge >= 0.3 is 5.97 Å². The molecule has 1 aliphatic heterocycles. The second-order valence-corrected chi connectivity index (χ2v) is 8.76. The average molecular weight is 485 g/mol. The van der Waals surface area contributed by atoms with Crippen LogP contribution in [0.3, 0.4) is 0 Å². The number of rotatable bonds is 9. The first kappa shape index (κ1) is 26.7. The molecule has 7 heteroatoms. The SMILES string of the molecule is COCO[C@H]1C[C@@H](CCOCc2ccc(OC)cc2)OC(=O)c2c(O)cccc2C/C=C\C[C@H]1C. The van der Waals surface area contributed by atoms with Crippen molar-refractivity contribution < 1.29 is 33.6 Å². The van der Waals surface area contributed by atoms with Crippen molar-refractivity contribution in [3.05, 3.63) is 71.3 Å². The van der Waals surface area contributed by atoms with Crippen LogP contribution in [0.15, 0.2) is 54.6 Å². The van der Waals surface area contributed by atoms with E-state index in [4.69, 9.17) is 23.7 Å². The summed E-state index contributed by atoms with van der Waals surface area (Å²) < 4.78 is 28.1. The molecule has 0 radical (unpaired) electrons. The number of carbonyl (C=O) groups excluding carboxylic acids is 1. The zero-order chi connectivity index (χ0) is 25.0. The summed E-state index contributed by atoms with van der Waals surface area (Å²) in [6.45, 7) is 3.13. The van der Waals surface area contributed by atoms with E-state index in [-0.39, 0.29) is 30.1 Å². The Bertz CT molecular complexity index is 954. The third-order valence-electron chi connectivity index (χ3n) is 6.16. The molecule has 0 aromatic heterocycles. The maximum Gasteiger partial charge on any atom is 0.342 e. The van der Waals surface area contributed by atoms with Gasteiger partial charge in [0.25, 0.3) is 0 Å². The highest BCUT2D eigenvalue weighted by Crippen LogP contribution is 2.27. The Balaban J connectivity index is 1.72. The van der Waals surface area contributed by atoms with E-state index >= 15 is 0 Å². The molecule has 0 unspecified atom stereocenters. The minimum atomic E-state index is -0.537. The number of esters is 1. The number of carbonyl (C=O) groups is 1. The van der Waals surface area contributed by atoms with Crippen LogP contribution in [-0.4, -0.2) is 50.9 Å². The van der Waals surface area contributed by atoms with Crippen molar-refractivity contribution in [2.45, 2.75) is 51.4 Å². The summed E-state index contributed by atoms with van der Waals surface area (Å²) in [4.78, 5) is 13.1. The smallest absolute Gasteiger partial charge is 0.342 e. The fraction of sp³-hybridized carbons (Fsp3) is 0.464. The summed E-state index contributed by atoms with van der Waals surface area (Å²) in [7, 11) is 3.22. The van der Waals surface area contributed by atoms with Crippen LogP contribution in [0.25, 0.3) is 0 Å². The lowest BCUT2D eigenvalue weighted by Gasteiger charge is -2.28. The van der Waals surface area contributed by atoms with Crippen LogP contribution in [0, 0.1) is 5.92 Å². The normalized spacial score (nSPS) is 21.8. The van der Waals surface area contributed by atoms with Crippen molar-refractivity contribution in [1.29, 1.82) is 0 Å². The number of hydrogen-bond acceptors (Lipinski definition) is 7. The van der Waals surface area contributed by atoms with E-state index in [0.29, 0.717) is 32.5 Å². The fourth-order valence-electron chi connectivity index (χ4n) is 4.11. The number of aromatic hydroxyl groups is 1. The molecular weight excluding hydrogens is 448 g/mol. The fourth-order valence-corrected chi connectivity index (χ4v) is 4.11. The van der Waals surface area contributed by atoms with Gasteiger partial charge in [-0.3, -0.25) is 0 Å². The molecule has 0 spiro atoms. The first-order valence-electron chi connectivity index (χ1n) is 12.0. The van der Waals surface area contributed by atoms with Gasteiger partial charge in [-0.15, -0.1) is 0 Å². The highest BCUT2D eigenvalue weighted by atomic mass is 16.7. The molecular formula is C28H36O7. The molecule has 0 fully saturated rings. The summed E-state index contributed by atoms with van der Waals surface area (Å²) in [5, 5.41) is 10.4. The van der Waals surface area contributed by atoms with Crippen molar-refractivity contribution >= 4 is 5.97 Å². The third kappa shape index (κ3) is 8.09. The molecule has 190 valence electrons. The van der Waals surface area contributed by atoms with E-state index in [0.717, 1.165) is 23.3 Å². The number of ether oxygens (including phenoxy) is 5. The van der Waals surface area contributed by atoms with Gasteiger partial charge in [0, 0.05) is 20.0 Å². The molecule has 3 rings (SSSR count). The third-order valence-corrected chi connectivity index (χ3v) is 6.16. The predicted molar refractivity (Wildman–Crippen MR) is 133 cm³/mol. The van der Waals surface area contributed by atoms with Crippen LogP contribution in [0.4, 0.5) is 0 Å². The molecule has 35 heavy (non-hydrogen) atoms. The Labute approximate surface area is 207 Å². The maximum absolute atomic E-state index is 13.1. The molecule has 0 saturated carbocycles. The first-order valence-corrected chi connectivity index (χ1v) is 12.0. The van der Waals surface area contributed by atoms with Gasteiger partial charge in [0.1, 0.15) is 30.0 Å². The van der Waals surface area contributed by atoms with Crippen molar-refractivity contribution in [2.75, 3.05) is 27.6 Å². The number of phenols is 1. The second kappa shape index (κ2) is 13.9. The molecule has 0 bridgehead atoms.